The Bertz CT molecular complexity index is 373. The largest absolute Gasteiger partial charge is 0.388 e. The lowest BCUT2D eigenvalue weighted by atomic mass is 10.0. The lowest BCUT2D eigenvalue weighted by Gasteiger charge is -2.29. The van der Waals surface area contributed by atoms with E-state index < -0.39 is 0 Å². The molecule has 0 aliphatic carbocycles. The molecule has 0 bridgehead atoms. The van der Waals surface area contributed by atoms with Crippen LogP contribution < -0.4 is 4.90 Å². The zero-order valence-corrected chi connectivity index (χ0v) is 9.76. The van der Waals surface area contributed by atoms with Crippen LogP contribution in [-0.4, -0.2) is 18.2 Å². The van der Waals surface area contributed by atoms with Gasteiger partial charge in [0, 0.05) is 24.3 Å². The first-order valence-electron chi connectivity index (χ1n) is 6.00. The van der Waals surface area contributed by atoms with Gasteiger partial charge in [-0.25, -0.2) is 0 Å². The zero-order valence-electron chi connectivity index (χ0n) is 9.76. The van der Waals surface area contributed by atoms with Crippen LogP contribution in [0.3, 0.4) is 0 Å². The smallest absolute Gasteiger partial charge is 0.0807 e. The maximum absolute atomic E-state index is 10.00. The second-order valence-corrected chi connectivity index (χ2v) is 4.19. The summed E-state index contributed by atoms with van der Waals surface area (Å²) in [5.74, 6) is 0. The molecule has 0 unspecified atom stereocenters. The minimum atomic E-state index is -0.345. The number of hydrogen-bond acceptors (Lipinski definition) is 2. The van der Waals surface area contributed by atoms with Gasteiger partial charge in [-0.2, -0.15) is 0 Å². The highest BCUT2D eigenvalue weighted by Gasteiger charge is 2.15. The molecule has 1 aliphatic heterocycles. The number of para-hydroxylation sites is 1. The van der Waals surface area contributed by atoms with Gasteiger partial charge in [0.25, 0.3) is 0 Å². The molecule has 0 amide bonds. The summed E-state index contributed by atoms with van der Waals surface area (Å²) >= 11 is 0. The Morgan fingerprint density at radius 3 is 2.81 bits per heavy atom. The minimum absolute atomic E-state index is 0.345. The molecule has 0 saturated carbocycles. The SMILES string of the molecule is CC[C@@H](O)c1ccccc1N1CC=CCC1. The lowest BCUT2D eigenvalue weighted by Crippen LogP contribution is -2.28. The minimum Gasteiger partial charge on any atom is -0.388 e. The maximum Gasteiger partial charge on any atom is 0.0807 e. The molecule has 1 N–H and O–H groups in total. The first kappa shape index (κ1) is 11.2. The number of aliphatic hydroxyl groups is 1. The Kier molecular flexibility index (Phi) is 3.62. The van der Waals surface area contributed by atoms with Crippen LogP contribution in [0.1, 0.15) is 31.4 Å². The third-order valence-corrected chi connectivity index (χ3v) is 3.08. The molecule has 1 aromatic carbocycles. The van der Waals surface area contributed by atoms with Crippen LogP contribution in [0.5, 0.6) is 0 Å². The van der Waals surface area contributed by atoms with Gasteiger partial charge in [0.2, 0.25) is 0 Å². The van der Waals surface area contributed by atoms with E-state index in [-0.39, 0.29) is 6.10 Å². The van der Waals surface area contributed by atoms with Crippen molar-refractivity contribution in [2.75, 3.05) is 18.0 Å². The average molecular weight is 217 g/mol. The molecule has 86 valence electrons. The van der Waals surface area contributed by atoms with E-state index in [1.165, 1.54) is 5.69 Å². The van der Waals surface area contributed by atoms with E-state index in [0.717, 1.165) is 31.5 Å². The second kappa shape index (κ2) is 5.17. The Morgan fingerprint density at radius 2 is 2.12 bits per heavy atom. The van der Waals surface area contributed by atoms with Gasteiger partial charge in [0.05, 0.1) is 6.10 Å². The van der Waals surface area contributed by atoms with Gasteiger partial charge in [-0.05, 0) is 18.9 Å². The highest BCUT2D eigenvalue weighted by molar-refractivity contribution is 5.55. The van der Waals surface area contributed by atoms with Crippen LogP contribution in [0, 0.1) is 0 Å². The summed E-state index contributed by atoms with van der Waals surface area (Å²) in [6.45, 7) is 4.01. The number of aliphatic hydroxyl groups excluding tert-OH is 1. The fraction of sp³-hybridized carbons (Fsp3) is 0.429. The Morgan fingerprint density at radius 1 is 1.31 bits per heavy atom. The van der Waals surface area contributed by atoms with E-state index in [9.17, 15) is 5.11 Å². The summed E-state index contributed by atoms with van der Waals surface area (Å²) in [6.07, 6.45) is 5.92. The fourth-order valence-corrected chi connectivity index (χ4v) is 2.14. The molecule has 0 fully saturated rings. The van der Waals surface area contributed by atoms with Crippen LogP contribution in [0.2, 0.25) is 0 Å². The summed E-state index contributed by atoms with van der Waals surface area (Å²) in [6, 6.07) is 8.17. The third kappa shape index (κ3) is 2.27. The third-order valence-electron chi connectivity index (χ3n) is 3.08. The van der Waals surface area contributed by atoms with E-state index in [1.807, 2.05) is 25.1 Å². The second-order valence-electron chi connectivity index (χ2n) is 4.19. The lowest BCUT2D eigenvalue weighted by molar-refractivity contribution is 0.174. The number of benzene rings is 1. The van der Waals surface area contributed by atoms with Crippen molar-refractivity contribution in [1.82, 2.24) is 0 Å². The summed E-state index contributed by atoms with van der Waals surface area (Å²) < 4.78 is 0. The molecule has 0 radical (unpaired) electrons. The van der Waals surface area contributed by atoms with E-state index in [4.69, 9.17) is 0 Å². The predicted octanol–water partition coefficient (Wildman–Crippen LogP) is 2.90. The molecule has 1 aromatic rings. The van der Waals surface area contributed by atoms with Crippen LogP contribution in [-0.2, 0) is 0 Å². The van der Waals surface area contributed by atoms with Gasteiger partial charge in [0.1, 0.15) is 0 Å². The molecule has 0 spiro atoms. The highest BCUT2D eigenvalue weighted by atomic mass is 16.3. The Balaban J connectivity index is 2.28. The van der Waals surface area contributed by atoms with Crippen molar-refractivity contribution in [1.29, 1.82) is 0 Å². The van der Waals surface area contributed by atoms with Gasteiger partial charge in [-0.1, -0.05) is 37.3 Å². The predicted molar refractivity (Wildman–Crippen MR) is 67.7 cm³/mol. The average Bonchev–Trinajstić information content (AvgIpc) is 2.39. The number of anilines is 1. The molecule has 0 saturated heterocycles. The van der Waals surface area contributed by atoms with Crippen molar-refractivity contribution in [3.05, 3.63) is 42.0 Å². The molecule has 2 heteroatoms. The first-order chi connectivity index (χ1) is 7.83. The normalized spacial score (nSPS) is 17.5. The summed E-state index contributed by atoms with van der Waals surface area (Å²) in [4.78, 5) is 2.33. The van der Waals surface area contributed by atoms with Crippen molar-refractivity contribution in [2.45, 2.75) is 25.9 Å². The molecule has 1 aliphatic rings. The van der Waals surface area contributed by atoms with Crippen LogP contribution >= 0.6 is 0 Å². The summed E-state index contributed by atoms with van der Waals surface area (Å²) in [7, 11) is 0. The van der Waals surface area contributed by atoms with Crippen molar-refractivity contribution >= 4 is 5.69 Å². The topological polar surface area (TPSA) is 23.5 Å². The van der Waals surface area contributed by atoms with E-state index in [0.29, 0.717) is 0 Å². The van der Waals surface area contributed by atoms with Gasteiger partial charge in [0.15, 0.2) is 0 Å². The van der Waals surface area contributed by atoms with Gasteiger partial charge >= 0.3 is 0 Å². The van der Waals surface area contributed by atoms with E-state index in [1.54, 1.807) is 0 Å². The Hall–Kier alpha value is -1.28. The van der Waals surface area contributed by atoms with Crippen molar-refractivity contribution in [2.24, 2.45) is 0 Å². The van der Waals surface area contributed by atoms with E-state index >= 15 is 0 Å². The van der Waals surface area contributed by atoms with Crippen molar-refractivity contribution in [3.63, 3.8) is 0 Å². The maximum atomic E-state index is 10.00. The fourth-order valence-electron chi connectivity index (χ4n) is 2.14. The van der Waals surface area contributed by atoms with E-state index in [2.05, 4.69) is 23.1 Å². The standard InChI is InChI=1S/C14H19NO/c1-2-14(16)12-8-4-5-9-13(12)15-10-6-3-7-11-15/h3-6,8-9,14,16H,2,7,10-11H2,1H3/t14-/m1/s1. The molecule has 2 nitrogen and oxygen atoms in total. The monoisotopic (exact) mass is 217 g/mol. The summed E-state index contributed by atoms with van der Waals surface area (Å²) in [5, 5.41) is 10.00. The molecule has 16 heavy (non-hydrogen) atoms. The zero-order chi connectivity index (χ0) is 11.4. The molecule has 1 atom stereocenters. The van der Waals surface area contributed by atoms with Crippen molar-refractivity contribution < 1.29 is 5.11 Å². The number of rotatable bonds is 3. The van der Waals surface area contributed by atoms with Crippen LogP contribution in [0.4, 0.5) is 5.69 Å². The number of hydrogen-bond donors (Lipinski definition) is 1. The van der Waals surface area contributed by atoms with Crippen LogP contribution in [0.25, 0.3) is 0 Å². The summed E-state index contributed by atoms with van der Waals surface area (Å²) in [5.41, 5.74) is 2.24. The first-order valence-corrected chi connectivity index (χ1v) is 6.00. The Labute approximate surface area is 97.2 Å². The van der Waals surface area contributed by atoms with Gasteiger partial charge < -0.3 is 10.0 Å². The molecule has 0 aromatic heterocycles. The van der Waals surface area contributed by atoms with Crippen LogP contribution in [0.15, 0.2) is 36.4 Å². The highest BCUT2D eigenvalue weighted by Crippen LogP contribution is 2.28. The molecule has 2 rings (SSSR count). The molecular formula is C14H19NO. The molecule has 1 heterocycles. The number of nitrogens with zero attached hydrogens (tertiary/aromatic N) is 1. The van der Waals surface area contributed by atoms with Crippen molar-refractivity contribution in [3.8, 4) is 0 Å². The van der Waals surface area contributed by atoms with Gasteiger partial charge in [-0.3, -0.25) is 0 Å². The molecular weight excluding hydrogens is 198 g/mol. The van der Waals surface area contributed by atoms with Gasteiger partial charge in [-0.15, -0.1) is 0 Å². The quantitative estimate of drug-likeness (QED) is 0.787.